The van der Waals surface area contributed by atoms with Crippen LogP contribution in [-0.2, 0) is 11.3 Å². The molecule has 0 aromatic heterocycles. The Morgan fingerprint density at radius 1 is 1.12 bits per heavy atom. The quantitative estimate of drug-likeness (QED) is 0.679. The van der Waals surface area contributed by atoms with E-state index in [0.29, 0.717) is 24.9 Å². The molecule has 0 radical (unpaired) electrons. The van der Waals surface area contributed by atoms with Gasteiger partial charge in [0.05, 0.1) is 0 Å². The molecule has 0 saturated carbocycles. The van der Waals surface area contributed by atoms with Crippen LogP contribution in [0.2, 0.25) is 0 Å². The van der Waals surface area contributed by atoms with E-state index < -0.39 is 12.0 Å². The van der Waals surface area contributed by atoms with Crippen molar-refractivity contribution in [2.24, 2.45) is 0 Å². The zero-order valence-electron chi connectivity index (χ0n) is 15.5. The lowest BCUT2D eigenvalue weighted by molar-refractivity contribution is -0.139. The minimum absolute atomic E-state index is 0.361. The molecule has 1 amide bonds. The van der Waals surface area contributed by atoms with Crippen molar-refractivity contribution in [1.82, 2.24) is 10.6 Å². The van der Waals surface area contributed by atoms with E-state index in [0.717, 1.165) is 22.3 Å². The standard InChI is InChI=1S/C21H26N2O3/c1-4-7-19(21(25)26)23-20(24)17-11-10-15(13-22-3)12-18(17)16-9-6-5-8-14(16)2/h5-6,8-12,19,22H,4,7,13H2,1-3H3,(H,23,24)(H,25,26). The molecule has 0 spiro atoms. The van der Waals surface area contributed by atoms with Gasteiger partial charge in [-0.25, -0.2) is 4.79 Å². The zero-order valence-corrected chi connectivity index (χ0v) is 15.5. The number of carboxylic acids is 1. The SMILES string of the molecule is CCCC(NC(=O)c1ccc(CNC)cc1-c1ccccc1C)C(=O)O. The molecule has 3 N–H and O–H groups in total. The Balaban J connectivity index is 2.45. The maximum atomic E-state index is 12.8. The Morgan fingerprint density at radius 3 is 2.46 bits per heavy atom. The maximum Gasteiger partial charge on any atom is 0.326 e. The monoisotopic (exact) mass is 354 g/mol. The summed E-state index contributed by atoms with van der Waals surface area (Å²) in [5.41, 5.74) is 4.39. The summed E-state index contributed by atoms with van der Waals surface area (Å²) in [4.78, 5) is 24.2. The lowest BCUT2D eigenvalue weighted by Crippen LogP contribution is -2.40. The van der Waals surface area contributed by atoms with Crippen molar-refractivity contribution in [3.8, 4) is 11.1 Å². The van der Waals surface area contributed by atoms with Gasteiger partial charge in [0.15, 0.2) is 0 Å². The average Bonchev–Trinajstić information content (AvgIpc) is 2.62. The van der Waals surface area contributed by atoms with Gasteiger partial charge in [0.2, 0.25) is 0 Å². The van der Waals surface area contributed by atoms with E-state index >= 15 is 0 Å². The molecule has 5 nitrogen and oxygen atoms in total. The highest BCUT2D eigenvalue weighted by molar-refractivity contribution is 6.02. The normalized spacial score (nSPS) is 11.8. The fourth-order valence-electron chi connectivity index (χ4n) is 2.98. The van der Waals surface area contributed by atoms with Crippen LogP contribution in [0.15, 0.2) is 42.5 Å². The summed E-state index contributed by atoms with van der Waals surface area (Å²) in [6, 6.07) is 12.6. The third-order valence-electron chi connectivity index (χ3n) is 4.33. The Morgan fingerprint density at radius 2 is 1.85 bits per heavy atom. The molecule has 138 valence electrons. The number of aryl methyl sites for hydroxylation is 1. The minimum Gasteiger partial charge on any atom is -0.480 e. The highest BCUT2D eigenvalue weighted by Gasteiger charge is 2.22. The number of carbonyl (C=O) groups is 2. The number of hydrogen-bond acceptors (Lipinski definition) is 3. The average molecular weight is 354 g/mol. The van der Waals surface area contributed by atoms with Gasteiger partial charge in [0.1, 0.15) is 6.04 Å². The topological polar surface area (TPSA) is 78.4 Å². The molecule has 2 rings (SSSR count). The van der Waals surface area contributed by atoms with Gasteiger partial charge in [0.25, 0.3) is 5.91 Å². The third-order valence-corrected chi connectivity index (χ3v) is 4.33. The fourth-order valence-corrected chi connectivity index (χ4v) is 2.98. The molecular weight excluding hydrogens is 328 g/mol. The van der Waals surface area contributed by atoms with Gasteiger partial charge in [-0.3, -0.25) is 4.79 Å². The van der Waals surface area contributed by atoms with Crippen molar-refractivity contribution < 1.29 is 14.7 Å². The fraction of sp³-hybridized carbons (Fsp3) is 0.333. The number of benzene rings is 2. The molecule has 2 aromatic carbocycles. The van der Waals surface area contributed by atoms with Crippen molar-refractivity contribution in [3.05, 3.63) is 59.2 Å². The number of rotatable bonds is 8. The molecule has 0 aliphatic heterocycles. The Bertz CT molecular complexity index is 787. The van der Waals surface area contributed by atoms with Crippen molar-refractivity contribution in [3.63, 3.8) is 0 Å². The Hall–Kier alpha value is -2.66. The van der Waals surface area contributed by atoms with E-state index in [-0.39, 0.29) is 5.91 Å². The Labute approximate surface area is 154 Å². The maximum absolute atomic E-state index is 12.8. The second-order valence-corrected chi connectivity index (χ2v) is 6.38. The first-order chi connectivity index (χ1) is 12.5. The molecule has 0 aliphatic carbocycles. The molecule has 0 fully saturated rings. The largest absolute Gasteiger partial charge is 0.480 e. The summed E-state index contributed by atoms with van der Waals surface area (Å²) >= 11 is 0. The molecule has 0 aliphatic rings. The van der Waals surface area contributed by atoms with Crippen molar-refractivity contribution in [2.75, 3.05) is 7.05 Å². The van der Waals surface area contributed by atoms with Gasteiger partial charge < -0.3 is 15.7 Å². The van der Waals surface area contributed by atoms with Crippen molar-refractivity contribution in [1.29, 1.82) is 0 Å². The molecule has 0 bridgehead atoms. The lowest BCUT2D eigenvalue weighted by Gasteiger charge is -2.17. The van der Waals surface area contributed by atoms with Crippen molar-refractivity contribution in [2.45, 2.75) is 39.3 Å². The van der Waals surface area contributed by atoms with E-state index in [1.165, 1.54) is 0 Å². The second-order valence-electron chi connectivity index (χ2n) is 6.38. The molecule has 0 saturated heterocycles. The third kappa shape index (κ3) is 4.70. The number of carboxylic acid groups (broad SMARTS) is 1. The van der Waals surface area contributed by atoms with Crippen LogP contribution < -0.4 is 10.6 Å². The van der Waals surface area contributed by atoms with Gasteiger partial charge in [-0.2, -0.15) is 0 Å². The van der Waals surface area contributed by atoms with E-state index in [4.69, 9.17) is 0 Å². The summed E-state index contributed by atoms with van der Waals surface area (Å²) in [5, 5.41) is 15.1. The first kappa shape index (κ1) is 19.7. The van der Waals surface area contributed by atoms with E-state index in [2.05, 4.69) is 10.6 Å². The summed E-state index contributed by atoms with van der Waals surface area (Å²) in [7, 11) is 1.87. The summed E-state index contributed by atoms with van der Waals surface area (Å²) in [5.74, 6) is -1.37. The molecule has 5 heteroatoms. The molecule has 2 aromatic rings. The van der Waals surface area contributed by atoms with Gasteiger partial charge in [-0.05, 0) is 54.8 Å². The first-order valence-corrected chi connectivity index (χ1v) is 8.85. The van der Waals surface area contributed by atoms with Crippen LogP contribution in [0.25, 0.3) is 11.1 Å². The Kier molecular flexibility index (Phi) is 6.92. The van der Waals surface area contributed by atoms with Gasteiger partial charge in [-0.1, -0.05) is 43.7 Å². The van der Waals surface area contributed by atoms with Gasteiger partial charge in [0, 0.05) is 12.1 Å². The van der Waals surface area contributed by atoms with Crippen LogP contribution in [0.4, 0.5) is 0 Å². The van der Waals surface area contributed by atoms with Crippen molar-refractivity contribution >= 4 is 11.9 Å². The number of carbonyl (C=O) groups excluding carboxylic acids is 1. The van der Waals surface area contributed by atoms with Crippen LogP contribution in [-0.4, -0.2) is 30.1 Å². The molecule has 1 unspecified atom stereocenters. The number of nitrogens with one attached hydrogen (secondary N) is 2. The number of aliphatic carboxylic acids is 1. The minimum atomic E-state index is -1.01. The summed E-state index contributed by atoms with van der Waals surface area (Å²) in [6.07, 6.45) is 1.08. The molecule has 26 heavy (non-hydrogen) atoms. The van der Waals surface area contributed by atoms with Gasteiger partial charge >= 0.3 is 5.97 Å². The number of hydrogen-bond donors (Lipinski definition) is 3. The predicted octanol–water partition coefficient (Wildman–Crippen LogP) is 3.36. The molecular formula is C21H26N2O3. The number of amides is 1. The molecule has 0 heterocycles. The highest BCUT2D eigenvalue weighted by atomic mass is 16.4. The van der Waals surface area contributed by atoms with E-state index in [9.17, 15) is 14.7 Å². The smallest absolute Gasteiger partial charge is 0.326 e. The molecule has 1 atom stereocenters. The van der Waals surface area contributed by atoms with Gasteiger partial charge in [-0.15, -0.1) is 0 Å². The van der Waals surface area contributed by atoms with Crippen LogP contribution in [0.5, 0.6) is 0 Å². The highest BCUT2D eigenvalue weighted by Crippen LogP contribution is 2.28. The van der Waals surface area contributed by atoms with Crippen LogP contribution in [0, 0.1) is 6.92 Å². The second kappa shape index (κ2) is 9.15. The summed E-state index contributed by atoms with van der Waals surface area (Å²) < 4.78 is 0. The zero-order chi connectivity index (χ0) is 19.1. The van der Waals surface area contributed by atoms with E-state index in [1.54, 1.807) is 6.07 Å². The van der Waals surface area contributed by atoms with Crippen LogP contribution in [0.3, 0.4) is 0 Å². The summed E-state index contributed by atoms with van der Waals surface area (Å²) in [6.45, 7) is 4.58. The van der Waals surface area contributed by atoms with Crippen LogP contribution in [0.1, 0.15) is 41.3 Å². The predicted molar refractivity (Wildman–Crippen MR) is 103 cm³/mol. The van der Waals surface area contributed by atoms with Crippen LogP contribution >= 0.6 is 0 Å². The lowest BCUT2D eigenvalue weighted by atomic mass is 9.93. The first-order valence-electron chi connectivity index (χ1n) is 8.85. The van der Waals surface area contributed by atoms with E-state index in [1.807, 2.05) is 57.3 Å².